The number of rotatable bonds is 4. The molecule has 0 saturated carbocycles. The molecule has 0 bridgehead atoms. The molecular formula is C9H11BrClNO3S. The minimum absolute atomic E-state index is 0.176. The van der Waals surface area contributed by atoms with Crippen LogP contribution < -0.4 is 9.46 Å². The highest BCUT2D eigenvalue weighted by atomic mass is 79.9. The zero-order valence-corrected chi connectivity index (χ0v) is 11.9. The molecule has 0 atom stereocenters. The molecule has 1 N–H and O–H groups in total. The van der Waals surface area contributed by atoms with Crippen LogP contribution in [0.5, 0.6) is 5.75 Å². The minimum atomic E-state index is -3.39. The number of halogens is 2. The lowest BCUT2D eigenvalue weighted by atomic mass is 10.2. The van der Waals surface area contributed by atoms with Gasteiger partial charge >= 0.3 is 0 Å². The molecule has 0 unspecified atom stereocenters. The van der Waals surface area contributed by atoms with Crippen molar-refractivity contribution in [3.05, 3.63) is 22.7 Å². The van der Waals surface area contributed by atoms with Crippen LogP contribution in [0.2, 0.25) is 5.02 Å². The van der Waals surface area contributed by atoms with Crippen molar-refractivity contribution in [2.75, 3.05) is 16.5 Å². The Morgan fingerprint density at radius 2 is 2.12 bits per heavy atom. The second-order valence-corrected chi connectivity index (χ2v) is 6.56. The monoisotopic (exact) mass is 327 g/mol. The number of aryl methyl sites for hydroxylation is 1. The maximum absolute atomic E-state index is 11.4. The summed E-state index contributed by atoms with van der Waals surface area (Å²) in [7, 11) is -1.94. The van der Waals surface area contributed by atoms with Crippen LogP contribution in [-0.4, -0.2) is 20.2 Å². The van der Waals surface area contributed by atoms with Crippen molar-refractivity contribution < 1.29 is 13.2 Å². The van der Waals surface area contributed by atoms with Crippen LogP contribution in [0.3, 0.4) is 0 Å². The van der Waals surface area contributed by atoms with Crippen molar-refractivity contribution in [3.63, 3.8) is 0 Å². The molecule has 0 aliphatic heterocycles. The van der Waals surface area contributed by atoms with Gasteiger partial charge in [-0.25, -0.2) is 8.42 Å². The lowest BCUT2D eigenvalue weighted by Gasteiger charge is -2.12. The van der Waals surface area contributed by atoms with Crippen LogP contribution in [0.15, 0.2) is 12.1 Å². The molecule has 0 spiro atoms. The summed E-state index contributed by atoms with van der Waals surface area (Å²) in [5, 5.41) is 0.527. The van der Waals surface area contributed by atoms with Gasteiger partial charge in [0, 0.05) is 11.1 Å². The standard InChI is InChI=1S/C9H11BrClNO3S/c1-6-3-8(12-16(13,14)5-10)9(15-2)4-7(6)11/h3-4,12H,5H2,1-2H3. The fourth-order valence-corrected chi connectivity index (χ4v) is 2.15. The fraction of sp³-hybridized carbons (Fsp3) is 0.333. The van der Waals surface area contributed by atoms with Gasteiger partial charge in [-0.2, -0.15) is 0 Å². The predicted octanol–water partition coefficient (Wildman–Crippen LogP) is 2.75. The largest absolute Gasteiger partial charge is 0.495 e. The lowest BCUT2D eigenvalue weighted by Crippen LogP contribution is -2.14. The first-order chi connectivity index (χ1) is 7.39. The SMILES string of the molecule is COc1cc(Cl)c(C)cc1NS(=O)(=O)CBr. The van der Waals surface area contributed by atoms with E-state index in [-0.39, 0.29) is 4.66 Å². The molecule has 0 heterocycles. The Hall–Kier alpha value is -0.460. The number of anilines is 1. The maximum Gasteiger partial charge on any atom is 0.242 e. The summed E-state index contributed by atoms with van der Waals surface area (Å²) in [5.74, 6) is 0.389. The van der Waals surface area contributed by atoms with Gasteiger partial charge in [-0.15, -0.1) is 0 Å². The zero-order valence-electron chi connectivity index (χ0n) is 8.75. The predicted molar refractivity (Wildman–Crippen MR) is 69.1 cm³/mol. The molecule has 0 fully saturated rings. The van der Waals surface area contributed by atoms with Gasteiger partial charge in [0.1, 0.15) is 10.4 Å². The number of sulfonamides is 1. The summed E-state index contributed by atoms with van der Waals surface area (Å²) in [5.41, 5.74) is 1.15. The second kappa shape index (κ2) is 5.25. The topological polar surface area (TPSA) is 55.4 Å². The first-order valence-corrected chi connectivity index (χ1v) is 7.45. The van der Waals surface area contributed by atoms with Crippen molar-refractivity contribution in [2.45, 2.75) is 6.92 Å². The van der Waals surface area contributed by atoms with Gasteiger partial charge in [-0.3, -0.25) is 4.72 Å². The van der Waals surface area contributed by atoms with Crippen LogP contribution in [-0.2, 0) is 10.0 Å². The minimum Gasteiger partial charge on any atom is -0.495 e. The summed E-state index contributed by atoms with van der Waals surface area (Å²) in [4.78, 5) is 0. The van der Waals surface area contributed by atoms with E-state index < -0.39 is 10.0 Å². The molecule has 0 aromatic heterocycles. The number of methoxy groups -OCH3 is 1. The number of hydrogen-bond acceptors (Lipinski definition) is 3. The highest BCUT2D eigenvalue weighted by Gasteiger charge is 2.13. The van der Waals surface area contributed by atoms with Crippen LogP contribution in [0.25, 0.3) is 0 Å². The Kier molecular flexibility index (Phi) is 4.46. The third-order valence-electron chi connectivity index (χ3n) is 1.89. The average molecular weight is 329 g/mol. The van der Waals surface area contributed by atoms with Gasteiger partial charge in [0.15, 0.2) is 0 Å². The molecule has 0 amide bonds. The van der Waals surface area contributed by atoms with E-state index in [4.69, 9.17) is 16.3 Å². The summed E-state index contributed by atoms with van der Waals surface area (Å²) in [6.45, 7) is 1.79. The first kappa shape index (κ1) is 13.6. The highest BCUT2D eigenvalue weighted by molar-refractivity contribution is 9.10. The molecule has 16 heavy (non-hydrogen) atoms. The Balaban J connectivity index is 3.18. The molecule has 4 nitrogen and oxygen atoms in total. The van der Waals surface area contributed by atoms with Gasteiger partial charge < -0.3 is 4.74 Å². The van der Waals surface area contributed by atoms with Crippen molar-refractivity contribution in [1.82, 2.24) is 0 Å². The molecule has 7 heteroatoms. The van der Waals surface area contributed by atoms with E-state index in [0.29, 0.717) is 16.5 Å². The highest BCUT2D eigenvalue weighted by Crippen LogP contribution is 2.31. The molecule has 1 rings (SSSR count). The van der Waals surface area contributed by atoms with Gasteiger partial charge in [0.05, 0.1) is 12.8 Å². The van der Waals surface area contributed by atoms with Crippen LogP contribution in [0.1, 0.15) is 5.56 Å². The van der Waals surface area contributed by atoms with Gasteiger partial charge in [0.25, 0.3) is 0 Å². The summed E-state index contributed by atoms with van der Waals surface area (Å²) in [6, 6.07) is 3.20. The Morgan fingerprint density at radius 3 is 2.62 bits per heavy atom. The quantitative estimate of drug-likeness (QED) is 0.865. The van der Waals surface area contributed by atoms with Crippen LogP contribution in [0, 0.1) is 6.92 Å². The summed E-state index contributed by atoms with van der Waals surface area (Å²) < 4.78 is 30.0. The number of nitrogens with one attached hydrogen (secondary N) is 1. The number of ether oxygens (including phenoxy) is 1. The summed E-state index contributed by atoms with van der Waals surface area (Å²) in [6.07, 6.45) is 0. The normalized spacial score (nSPS) is 11.2. The van der Waals surface area contributed by atoms with Crippen molar-refractivity contribution in [2.24, 2.45) is 0 Å². The Bertz CT molecular complexity index is 490. The number of hydrogen-bond donors (Lipinski definition) is 1. The van der Waals surface area contributed by atoms with Crippen LogP contribution >= 0.6 is 27.5 Å². The van der Waals surface area contributed by atoms with E-state index in [0.717, 1.165) is 5.56 Å². The molecule has 0 radical (unpaired) electrons. The second-order valence-electron chi connectivity index (χ2n) is 3.13. The zero-order chi connectivity index (χ0) is 12.3. The van der Waals surface area contributed by atoms with E-state index in [9.17, 15) is 8.42 Å². The van der Waals surface area contributed by atoms with E-state index in [1.165, 1.54) is 7.11 Å². The third-order valence-corrected chi connectivity index (χ3v) is 4.92. The van der Waals surface area contributed by atoms with Crippen molar-refractivity contribution in [1.29, 1.82) is 0 Å². The van der Waals surface area contributed by atoms with Crippen molar-refractivity contribution >= 4 is 43.2 Å². The summed E-state index contributed by atoms with van der Waals surface area (Å²) >= 11 is 8.79. The maximum atomic E-state index is 11.4. The average Bonchev–Trinajstić information content (AvgIpc) is 2.22. The molecule has 0 aliphatic carbocycles. The Labute approximate surface area is 108 Å². The van der Waals surface area contributed by atoms with Gasteiger partial charge in [-0.05, 0) is 18.6 Å². The van der Waals surface area contributed by atoms with E-state index >= 15 is 0 Å². The van der Waals surface area contributed by atoms with E-state index in [1.54, 1.807) is 19.1 Å². The number of alkyl halides is 1. The molecule has 1 aromatic carbocycles. The first-order valence-electron chi connectivity index (χ1n) is 4.30. The lowest BCUT2D eigenvalue weighted by molar-refractivity contribution is 0.417. The van der Waals surface area contributed by atoms with E-state index in [1.807, 2.05) is 0 Å². The van der Waals surface area contributed by atoms with E-state index in [2.05, 4.69) is 20.7 Å². The smallest absolute Gasteiger partial charge is 0.242 e. The molecule has 0 aliphatic rings. The molecular weight excluding hydrogens is 318 g/mol. The molecule has 1 aromatic rings. The molecule has 0 saturated heterocycles. The van der Waals surface area contributed by atoms with Gasteiger partial charge in [0.2, 0.25) is 10.0 Å². The van der Waals surface area contributed by atoms with Gasteiger partial charge in [-0.1, -0.05) is 27.5 Å². The third kappa shape index (κ3) is 3.26. The number of benzene rings is 1. The molecule has 90 valence electrons. The fourth-order valence-electron chi connectivity index (χ4n) is 1.11. The van der Waals surface area contributed by atoms with Crippen molar-refractivity contribution in [3.8, 4) is 5.75 Å². The van der Waals surface area contributed by atoms with Crippen LogP contribution in [0.4, 0.5) is 5.69 Å². The Morgan fingerprint density at radius 1 is 1.50 bits per heavy atom.